The third-order valence-electron chi connectivity index (χ3n) is 3.03. The van der Waals surface area contributed by atoms with Gasteiger partial charge in [-0.3, -0.25) is 0 Å². The third-order valence-corrected chi connectivity index (χ3v) is 4.19. The first kappa shape index (κ1) is 16.4. The highest BCUT2D eigenvalue weighted by molar-refractivity contribution is 7.99. The van der Waals surface area contributed by atoms with Gasteiger partial charge in [-0.15, -0.1) is 0 Å². The lowest BCUT2D eigenvalue weighted by atomic mass is 10.1. The van der Waals surface area contributed by atoms with E-state index in [4.69, 9.17) is 0 Å². The lowest BCUT2D eigenvalue weighted by molar-refractivity contribution is 0.586. The molecule has 0 nitrogen and oxygen atoms in total. The molecule has 1 heteroatoms. The van der Waals surface area contributed by atoms with Gasteiger partial charge < -0.3 is 0 Å². The van der Waals surface area contributed by atoms with E-state index >= 15 is 0 Å². The van der Waals surface area contributed by atoms with Gasteiger partial charge in [0.2, 0.25) is 0 Å². The zero-order valence-corrected chi connectivity index (χ0v) is 12.4. The van der Waals surface area contributed by atoms with Crippen molar-refractivity contribution >= 4 is 11.8 Å². The van der Waals surface area contributed by atoms with Crippen molar-refractivity contribution in [1.82, 2.24) is 0 Å². The van der Waals surface area contributed by atoms with Gasteiger partial charge >= 0.3 is 0 Å². The molecule has 0 saturated carbocycles. The Morgan fingerprint density at radius 1 is 0.500 bits per heavy atom. The van der Waals surface area contributed by atoms with Crippen molar-refractivity contribution < 1.29 is 0 Å². The van der Waals surface area contributed by atoms with Crippen molar-refractivity contribution in [2.75, 3.05) is 11.5 Å². The predicted octanol–water partition coefficient (Wildman–Crippen LogP) is 6.05. The van der Waals surface area contributed by atoms with Gasteiger partial charge in [0.05, 0.1) is 0 Å². The topological polar surface area (TPSA) is 0 Å². The van der Waals surface area contributed by atoms with Crippen LogP contribution in [0.5, 0.6) is 0 Å². The lowest BCUT2D eigenvalue weighted by Gasteiger charge is -2.02. The molecule has 0 saturated heterocycles. The minimum Gasteiger partial charge on any atom is -0.162 e. The van der Waals surface area contributed by atoms with E-state index in [9.17, 15) is 0 Å². The van der Waals surface area contributed by atoms with E-state index in [1.54, 1.807) is 0 Å². The van der Waals surface area contributed by atoms with Crippen molar-refractivity contribution in [1.29, 1.82) is 0 Å². The summed E-state index contributed by atoms with van der Waals surface area (Å²) in [5.41, 5.74) is 0. The molecule has 0 aromatic carbocycles. The molecule has 0 aliphatic rings. The third kappa shape index (κ3) is 14.4. The Morgan fingerprint density at radius 3 is 1.44 bits per heavy atom. The summed E-state index contributed by atoms with van der Waals surface area (Å²) in [5.74, 6) is 2.79. The van der Waals surface area contributed by atoms with Crippen molar-refractivity contribution in [2.24, 2.45) is 0 Å². The van der Waals surface area contributed by atoms with E-state index in [1.165, 1.54) is 82.1 Å². The molecule has 0 N–H and O–H groups in total. The number of hydrogen-bond acceptors (Lipinski definition) is 1. The highest BCUT2D eigenvalue weighted by Gasteiger charge is 1.92. The molecule has 0 aromatic heterocycles. The van der Waals surface area contributed by atoms with E-state index in [0.717, 1.165) is 0 Å². The molecule has 0 unspecified atom stereocenters. The van der Waals surface area contributed by atoms with Crippen LogP contribution >= 0.6 is 11.8 Å². The molecule has 0 atom stereocenters. The highest BCUT2D eigenvalue weighted by Crippen LogP contribution is 2.12. The van der Waals surface area contributed by atoms with Crippen LogP contribution in [0.3, 0.4) is 0 Å². The van der Waals surface area contributed by atoms with E-state index in [0.29, 0.717) is 0 Å². The van der Waals surface area contributed by atoms with Crippen LogP contribution in [0.1, 0.15) is 84.5 Å². The fourth-order valence-electron chi connectivity index (χ4n) is 1.89. The van der Waals surface area contributed by atoms with Crippen LogP contribution in [-0.4, -0.2) is 11.5 Å². The molecular weight excluding hydrogens is 212 g/mol. The van der Waals surface area contributed by atoms with E-state index in [2.05, 4.69) is 25.6 Å². The minimum atomic E-state index is 1.36. The fourth-order valence-corrected chi connectivity index (χ4v) is 2.91. The summed E-state index contributed by atoms with van der Waals surface area (Å²) < 4.78 is 0. The Morgan fingerprint density at radius 2 is 0.875 bits per heavy atom. The first-order valence-electron chi connectivity index (χ1n) is 7.49. The Bertz CT molecular complexity index is 98.0. The maximum absolute atomic E-state index is 2.29. The van der Waals surface area contributed by atoms with Gasteiger partial charge in [0, 0.05) is 0 Å². The van der Waals surface area contributed by atoms with Crippen LogP contribution in [-0.2, 0) is 0 Å². The summed E-state index contributed by atoms with van der Waals surface area (Å²) in [6.07, 6.45) is 15.8. The largest absolute Gasteiger partial charge is 0.162 e. The van der Waals surface area contributed by atoms with Crippen LogP contribution in [0.2, 0.25) is 0 Å². The maximum atomic E-state index is 2.29. The summed E-state index contributed by atoms with van der Waals surface area (Å²) in [4.78, 5) is 0. The Labute approximate surface area is 108 Å². The second-order valence-electron chi connectivity index (χ2n) is 4.79. The standard InChI is InChI=1S/C15H32S/c1-3-5-7-8-9-10-11-13-15-16-14-12-6-4-2/h3-15H2,1-2H3. The van der Waals surface area contributed by atoms with E-state index in [-0.39, 0.29) is 0 Å². The number of rotatable bonds is 13. The average Bonchev–Trinajstić information content (AvgIpc) is 2.31. The van der Waals surface area contributed by atoms with Crippen molar-refractivity contribution in [3.8, 4) is 0 Å². The summed E-state index contributed by atoms with van der Waals surface area (Å²) >= 11 is 2.17. The quantitative estimate of drug-likeness (QED) is 0.355. The SMILES string of the molecule is CCCCCCCCCCSCCCCC. The van der Waals surface area contributed by atoms with Crippen LogP contribution in [0.4, 0.5) is 0 Å². The molecule has 0 spiro atoms. The van der Waals surface area contributed by atoms with Crippen LogP contribution < -0.4 is 0 Å². The lowest BCUT2D eigenvalue weighted by Crippen LogP contribution is -1.85. The minimum absolute atomic E-state index is 1.36. The van der Waals surface area contributed by atoms with Crippen molar-refractivity contribution in [2.45, 2.75) is 84.5 Å². The fraction of sp³-hybridized carbons (Fsp3) is 1.00. The molecule has 0 rings (SSSR count). The molecule has 0 aromatic rings. The van der Waals surface area contributed by atoms with Crippen molar-refractivity contribution in [3.05, 3.63) is 0 Å². The van der Waals surface area contributed by atoms with Gasteiger partial charge in [0.1, 0.15) is 0 Å². The second-order valence-corrected chi connectivity index (χ2v) is 6.02. The molecule has 0 aliphatic heterocycles. The first-order chi connectivity index (χ1) is 7.91. The molecule has 0 bridgehead atoms. The monoisotopic (exact) mass is 244 g/mol. The summed E-state index contributed by atoms with van der Waals surface area (Å²) in [6.45, 7) is 4.57. The van der Waals surface area contributed by atoms with Gasteiger partial charge in [0.25, 0.3) is 0 Å². The zero-order valence-electron chi connectivity index (χ0n) is 11.6. The highest BCUT2D eigenvalue weighted by atomic mass is 32.2. The molecule has 16 heavy (non-hydrogen) atoms. The Balaban J connectivity index is 2.83. The molecule has 0 amide bonds. The van der Waals surface area contributed by atoms with Gasteiger partial charge in [-0.25, -0.2) is 0 Å². The Hall–Kier alpha value is 0.350. The number of unbranched alkanes of at least 4 members (excludes halogenated alkanes) is 9. The Kier molecular flexibility index (Phi) is 15.7. The molecule has 0 radical (unpaired) electrons. The summed E-state index contributed by atoms with van der Waals surface area (Å²) in [5, 5.41) is 0. The van der Waals surface area contributed by atoms with E-state index < -0.39 is 0 Å². The molecular formula is C15H32S. The van der Waals surface area contributed by atoms with Crippen LogP contribution in [0.25, 0.3) is 0 Å². The molecule has 0 heterocycles. The summed E-state index contributed by atoms with van der Waals surface area (Å²) in [7, 11) is 0. The smallest absolute Gasteiger partial charge is 0.00675 e. The van der Waals surface area contributed by atoms with E-state index in [1.807, 2.05) is 0 Å². The summed E-state index contributed by atoms with van der Waals surface area (Å²) in [6, 6.07) is 0. The molecule has 0 aliphatic carbocycles. The van der Waals surface area contributed by atoms with Gasteiger partial charge in [-0.2, -0.15) is 11.8 Å². The second kappa shape index (κ2) is 15.4. The van der Waals surface area contributed by atoms with Gasteiger partial charge in [-0.1, -0.05) is 71.6 Å². The maximum Gasteiger partial charge on any atom is -0.00675 e. The number of hydrogen-bond donors (Lipinski definition) is 0. The zero-order chi connectivity index (χ0) is 11.9. The molecule has 0 fully saturated rings. The predicted molar refractivity (Wildman–Crippen MR) is 79.5 cm³/mol. The van der Waals surface area contributed by atoms with Crippen LogP contribution in [0, 0.1) is 0 Å². The average molecular weight is 244 g/mol. The van der Waals surface area contributed by atoms with Crippen molar-refractivity contribution in [3.63, 3.8) is 0 Å². The number of thioether (sulfide) groups is 1. The molecule has 98 valence electrons. The van der Waals surface area contributed by atoms with Crippen LogP contribution in [0.15, 0.2) is 0 Å². The van der Waals surface area contributed by atoms with Gasteiger partial charge in [-0.05, 0) is 24.3 Å². The van der Waals surface area contributed by atoms with Gasteiger partial charge in [0.15, 0.2) is 0 Å². The first-order valence-corrected chi connectivity index (χ1v) is 8.65. The normalized spacial score (nSPS) is 10.9.